The van der Waals surface area contributed by atoms with Crippen LogP contribution in [-0.4, -0.2) is 50.2 Å². The fraction of sp³-hybridized carbons (Fsp3) is 0.611. The predicted molar refractivity (Wildman–Crippen MR) is 93.8 cm³/mol. The van der Waals surface area contributed by atoms with E-state index >= 15 is 0 Å². The van der Waals surface area contributed by atoms with Crippen LogP contribution in [0, 0.1) is 0 Å². The first-order chi connectivity index (χ1) is 11.3. The van der Waals surface area contributed by atoms with Crippen LogP contribution >= 0.6 is 0 Å². The Labute approximate surface area is 144 Å². The third kappa shape index (κ3) is 3.81. The molecule has 5 nitrogen and oxygen atoms in total. The molecule has 0 unspecified atom stereocenters. The van der Waals surface area contributed by atoms with Crippen molar-refractivity contribution in [1.29, 1.82) is 0 Å². The second-order valence-electron chi connectivity index (χ2n) is 7.12. The van der Waals surface area contributed by atoms with Crippen LogP contribution in [0.4, 0.5) is 0 Å². The molecule has 0 radical (unpaired) electrons. The molecule has 0 saturated carbocycles. The maximum Gasteiger partial charge on any atom is 0.223 e. The van der Waals surface area contributed by atoms with Crippen LogP contribution in [0.3, 0.4) is 0 Å². The summed E-state index contributed by atoms with van der Waals surface area (Å²) in [7, 11) is -3.41. The number of sulfone groups is 1. The molecule has 1 fully saturated rings. The highest BCUT2D eigenvalue weighted by Gasteiger charge is 2.26. The van der Waals surface area contributed by atoms with Crippen molar-refractivity contribution in [3.8, 4) is 0 Å². The number of carbonyl (C=O) groups excluding carboxylic acids is 1. The Kier molecular flexibility index (Phi) is 4.97. The van der Waals surface area contributed by atoms with Crippen molar-refractivity contribution < 1.29 is 13.2 Å². The molecular weight excluding hydrogens is 324 g/mol. The summed E-state index contributed by atoms with van der Waals surface area (Å²) >= 11 is 0. The molecule has 3 rings (SSSR count). The Hall–Kier alpha value is -1.40. The number of rotatable bonds is 4. The zero-order valence-corrected chi connectivity index (χ0v) is 15.2. The molecule has 6 heteroatoms. The third-order valence-corrected chi connectivity index (χ3v) is 6.64. The van der Waals surface area contributed by atoms with Crippen LogP contribution < -0.4 is 5.32 Å². The van der Waals surface area contributed by atoms with Crippen molar-refractivity contribution in [3.05, 3.63) is 29.3 Å². The topological polar surface area (TPSA) is 66.5 Å². The summed E-state index contributed by atoms with van der Waals surface area (Å²) in [6.45, 7) is 5.36. The van der Waals surface area contributed by atoms with Crippen molar-refractivity contribution in [2.75, 3.05) is 18.8 Å². The smallest absolute Gasteiger partial charge is 0.223 e. The van der Waals surface area contributed by atoms with Crippen molar-refractivity contribution in [2.24, 2.45) is 0 Å². The number of aryl methyl sites for hydroxylation is 2. The van der Waals surface area contributed by atoms with Gasteiger partial charge in [-0.05, 0) is 56.4 Å². The van der Waals surface area contributed by atoms with Crippen LogP contribution in [0.5, 0.6) is 0 Å². The second-order valence-corrected chi connectivity index (χ2v) is 9.23. The van der Waals surface area contributed by atoms with Gasteiger partial charge in [-0.1, -0.05) is 6.07 Å². The molecule has 1 saturated heterocycles. The van der Waals surface area contributed by atoms with Crippen LogP contribution in [0.15, 0.2) is 23.1 Å². The van der Waals surface area contributed by atoms with Gasteiger partial charge in [0.05, 0.1) is 10.6 Å². The number of nitrogens with one attached hydrogen (secondary N) is 1. The van der Waals surface area contributed by atoms with E-state index in [-0.39, 0.29) is 30.2 Å². The highest BCUT2D eigenvalue weighted by molar-refractivity contribution is 7.91. The molecule has 2 aliphatic rings. The lowest BCUT2D eigenvalue weighted by molar-refractivity contribution is -0.132. The largest absolute Gasteiger partial charge is 0.340 e. The molecular formula is C18H26N2O3S. The quantitative estimate of drug-likeness (QED) is 0.895. The first-order valence-corrected chi connectivity index (χ1v) is 10.4. The van der Waals surface area contributed by atoms with Gasteiger partial charge in [-0.3, -0.25) is 4.79 Å². The average Bonchev–Trinajstić information content (AvgIpc) is 2.99. The van der Waals surface area contributed by atoms with E-state index in [0.29, 0.717) is 18.0 Å². The lowest BCUT2D eigenvalue weighted by Gasteiger charge is -2.36. The Morgan fingerprint density at radius 1 is 1.17 bits per heavy atom. The molecule has 1 aromatic carbocycles. The fourth-order valence-electron chi connectivity index (χ4n) is 3.77. The number of benzene rings is 1. The standard InChI is InChI=1S/C18H26N2O3S/c1-13-11-20(12-14(2)19-13)18(21)8-9-24(22,23)17-7-6-15-4-3-5-16(15)10-17/h6-7,10,13-14,19H,3-5,8-9,11-12H2,1-2H3/t13-,14+. The van der Waals surface area contributed by atoms with Gasteiger partial charge in [0, 0.05) is 31.6 Å². The summed E-state index contributed by atoms with van der Waals surface area (Å²) in [5.74, 6) is -0.183. The lowest BCUT2D eigenvalue weighted by Crippen LogP contribution is -2.56. The monoisotopic (exact) mass is 350 g/mol. The summed E-state index contributed by atoms with van der Waals surface area (Å²) in [6, 6.07) is 5.91. The van der Waals surface area contributed by atoms with Gasteiger partial charge in [-0.25, -0.2) is 8.42 Å². The predicted octanol–water partition coefficient (Wildman–Crippen LogP) is 1.55. The number of piperazine rings is 1. The van der Waals surface area contributed by atoms with E-state index in [1.54, 1.807) is 17.0 Å². The minimum atomic E-state index is -3.41. The summed E-state index contributed by atoms with van der Waals surface area (Å²) in [5, 5.41) is 3.37. The Bertz CT molecular complexity index is 720. The molecule has 1 N–H and O–H groups in total. The van der Waals surface area contributed by atoms with Crippen LogP contribution in [-0.2, 0) is 27.5 Å². The zero-order chi connectivity index (χ0) is 17.3. The summed E-state index contributed by atoms with van der Waals surface area (Å²) in [5.41, 5.74) is 2.40. The zero-order valence-electron chi connectivity index (χ0n) is 14.4. The minimum Gasteiger partial charge on any atom is -0.340 e. The number of hydrogen-bond acceptors (Lipinski definition) is 4. The SMILES string of the molecule is C[C@@H]1CN(C(=O)CCS(=O)(=O)c2ccc3c(c2)CCC3)C[C@H](C)N1. The lowest BCUT2D eigenvalue weighted by atomic mass is 10.1. The molecule has 1 heterocycles. The van der Waals surface area contributed by atoms with Gasteiger partial charge < -0.3 is 10.2 Å². The van der Waals surface area contributed by atoms with E-state index < -0.39 is 9.84 Å². The normalized spacial score (nSPS) is 24.0. The fourth-order valence-corrected chi connectivity index (χ4v) is 5.05. The first kappa shape index (κ1) is 17.4. The van der Waals surface area contributed by atoms with Crippen LogP contribution in [0.1, 0.15) is 37.8 Å². The molecule has 1 aliphatic heterocycles. The van der Waals surface area contributed by atoms with E-state index in [4.69, 9.17) is 0 Å². The number of nitrogens with zero attached hydrogens (tertiary/aromatic N) is 1. The van der Waals surface area contributed by atoms with Crippen molar-refractivity contribution in [1.82, 2.24) is 10.2 Å². The van der Waals surface area contributed by atoms with E-state index in [2.05, 4.69) is 5.32 Å². The second kappa shape index (κ2) is 6.84. The van der Waals surface area contributed by atoms with Crippen LogP contribution in [0.25, 0.3) is 0 Å². The maximum atomic E-state index is 12.6. The number of hydrogen-bond donors (Lipinski definition) is 1. The highest BCUT2D eigenvalue weighted by Crippen LogP contribution is 2.25. The summed E-state index contributed by atoms with van der Waals surface area (Å²) < 4.78 is 25.1. The molecule has 0 bridgehead atoms. The molecule has 0 spiro atoms. The van der Waals surface area contributed by atoms with Gasteiger partial charge in [0.15, 0.2) is 9.84 Å². The van der Waals surface area contributed by atoms with Gasteiger partial charge in [0.1, 0.15) is 0 Å². The van der Waals surface area contributed by atoms with E-state index in [1.165, 1.54) is 5.56 Å². The van der Waals surface area contributed by atoms with Crippen molar-refractivity contribution in [3.63, 3.8) is 0 Å². The van der Waals surface area contributed by atoms with E-state index in [1.807, 2.05) is 19.9 Å². The maximum absolute atomic E-state index is 12.6. The number of amides is 1. The first-order valence-electron chi connectivity index (χ1n) is 8.73. The van der Waals surface area contributed by atoms with Crippen molar-refractivity contribution in [2.45, 2.75) is 56.5 Å². The van der Waals surface area contributed by atoms with Crippen LogP contribution in [0.2, 0.25) is 0 Å². The molecule has 24 heavy (non-hydrogen) atoms. The molecule has 1 aromatic rings. The Morgan fingerprint density at radius 3 is 2.54 bits per heavy atom. The third-order valence-electron chi connectivity index (χ3n) is 4.92. The minimum absolute atomic E-state index is 0.0544. The van der Waals surface area contributed by atoms with Crippen molar-refractivity contribution >= 4 is 15.7 Å². The molecule has 0 aromatic heterocycles. The Morgan fingerprint density at radius 2 is 1.83 bits per heavy atom. The average molecular weight is 350 g/mol. The summed E-state index contributed by atoms with van der Waals surface area (Å²) in [6.07, 6.45) is 3.14. The van der Waals surface area contributed by atoms with E-state index in [0.717, 1.165) is 24.8 Å². The molecule has 1 aliphatic carbocycles. The highest BCUT2D eigenvalue weighted by atomic mass is 32.2. The van der Waals surface area contributed by atoms with Gasteiger partial charge in [-0.2, -0.15) is 0 Å². The van der Waals surface area contributed by atoms with E-state index in [9.17, 15) is 13.2 Å². The molecule has 1 amide bonds. The van der Waals surface area contributed by atoms with Gasteiger partial charge in [0.25, 0.3) is 0 Å². The van der Waals surface area contributed by atoms with Gasteiger partial charge in [-0.15, -0.1) is 0 Å². The number of fused-ring (bicyclic) bond motifs is 1. The number of carbonyl (C=O) groups is 1. The Balaban J connectivity index is 1.63. The van der Waals surface area contributed by atoms with Gasteiger partial charge >= 0.3 is 0 Å². The van der Waals surface area contributed by atoms with Gasteiger partial charge in [0.2, 0.25) is 5.91 Å². The molecule has 132 valence electrons. The molecule has 2 atom stereocenters. The summed E-state index contributed by atoms with van der Waals surface area (Å²) in [4.78, 5) is 14.5.